The van der Waals surface area contributed by atoms with Crippen LogP contribution in [-0.2, 0) is 9.84 Å². The van der Waals surface area contributed by atoms with E-state index in [2.05, 4.69) is 4.99 Å². The average molecular weight is 417 g/mol. The Balaban J connectivity index is 1.69. The largest absolute Gasteiger partial charge is 0.494 e. The molecule has 2 fully saturated rings. The Kier molecular flexibility index (Phi) is 5.16. The number of sulfone groups is 1. The van der Waals surface area contributed by atoms with Crippen LogP contribution in [0.4, 0.5) is 5.69 Å². The minimum atomic E-state index is -3.09. The molecule has 0 saturated carbocycles. The molecule has 2 unspecified atom stereocenters. The lowest BCUT2D eigenvalue weighted by atomic mass is 10.2. The van der Waals surface area contributed by atoms with Crippen molar-refractivity contribution in [2.45, 2.75) is 18.2 Å². The predicted octanol–water partition coefficient (Wildman–Crippen LogP) is 3.00. The van der Waals surface area contributed by atoms with Gasteiger partial charge in [-0.05, 0) is 43.3 Å². The molecule has 8 heteroatoms. The lowest BCUT2D eigenvalue weighted by Crippen LogP contribution is -2.37. The van der Waals surface area contributed by atoms with E-state index in [0.717, 1.165) is 11.4 Å². The topological polar surface area (TPSA) is 76.0 Å². The Hall–Kier alpha value is -2.32. The van der Waals surface area contributed by atoms with Crippen LogP contribution >= 0.6 is 11.8 Å². The second kappa shape index (κ2) is 7.60. The molecule has 2 aliphatic rings. The Bertz CT molecular complexity index is 1000. The Morgan fingerprint density at radius 3 is 2.54 bits per heavy atom. The molecule has 4 rings (SSSR count). The van der Waals surface area contributed by atoms with Crippen molar-refractivity contribution < 1.29 is 17.9 Å². The molecule has 2 heterocycles. The van der Waals surface area contributed by atoms with Crippen LogP contribution in [0.3, 0.4) is 0 Å². The summed E-state index contributed by atoms with van der Waals surface area (Å²) in [5, 5.41) is 0.418. The van der Waals surface area contributed by atoms with Crippen LogP contribution in [0.1, 0.15) is 17.3 Å². The van der Waals surface area contributed by atoms with Gasteiger partial charge in [-0.1, -0.05) is 30.0 Å². The van der Waals surface area contributed by atoms with Crippen molar-refractivity contribution in [1.82, 2.24) is 0 Å². The van der Waals surface area contributed by atoms with Gasteiger partial charge < -0.3 is 9.64 Å². The number of benzene rings is 2. The normalized spacial score (nSPS) is 24.3. The van der Waals surface area contributed by atoms with E-state index in [9.17, 15) is 13.2 Å². The number of amidine groups is 1. The first-order chi connectivity index (χ1) is 13.5. The number of ether oxygens (including phenoxy) is 1. The van der Waals surface area contributed by atoms with E-state index in [1.54, 1.807) is 24.3 Å². The summed E-state index contributed by atoms with van der Waals surface area (Å²) < 4.78 is 29.8. The molecular weight excluding hydrogens is 396 g/mol. The molecular formula is C20H20N2O4S2. The summed E-state index contributed by atoms with van der Waals surface area (Å²) in [5.41, 5.74) is 1.31. The molecule has 2 saturated heterocycles. The predicted molar refractivity (Wildman–Crippen MR) is 112 cm³/mol. The zero-order valence-electron chi connectivity index (χ0n) is 15.3. The van der Waals surface area contributed by atoms with E-state index in [-0.39, 0.29) is 28.7 Å². The average Bonchev–Trinajstić information content (AvgIpc) is 3.14. The number of amides is 1. The van der Waals surface area contributed by atoms with Gasteiger partial charge in [0.25, 0.3) is 5.91 Å². The van der Waals surface area contributed by atoms with Gasteiger partial charge in [0.15, 0.2) is 15.0 Å². The third-order valence-corrected chi connectivity index (χ3v) is 7.92. The monoisotopic (exact) mass is 416 g/mol. The number of rotatable bonds is 4. The minimum Gasteiger partial charge on any atom is -0.494 e. The van der Waals surface area contributed by atoms with Crippen LogP contribution in [0, 0.1) is 0 Å². The van der Waals surface area contributed by atoms with E-state index >= 15 is 0 Å². The van der Waals surface area contributed by atoms with Crippen LogP contribution in [0.2, 0.25) is 0 Å². The zero-order valence-corrected chi connectivity index (χ0v) is 16.9. The fraction of sp³-hybridized carbons (Fsp3) is 0.300. The minimum absolute atomic E-state index is 0.0659. The molecule has 0 spiro atoms. The molecule has 2 atom stereocenters. The van der Waals surface area contributed by atoms with Crippen molar-refractivity contribution in [3.05, 3.63) is 60.2 Å². The van der Waals surface area contributed by atoms with E-state index in [1.165, 1.54) is 11.8 Å². The second-order valence-electron chi connectivity index (χ2n) is 6.66. The number of carbonyl (C=O) groups excluding carboxylic acids is 1. The second-order valence-corrected chi connectivity index (χ2v) is 10.0. The summed E-state index contributed by atoms with van der Waals surface area (Å²) in [6.45, 7) is 2.49. The molecule has 0 aliphatic carbocycles. The maximum absolute atomic E-state index is 12.6. The van der Waals surface area contributed by atoms with Crippen LogP contribution in [0.25, 0.3) is 0 Å². The first-order valence-electron chi connectivity index (χ1n) is 9.04. The first-order valence-corrected chi connectivity index (χ1v) is 11.7. The van der Waals surface area contributed by atoms with Gasteiger partial charge in [-0.15, -0.1) is 0 Å². The fourth-order valence-corrected chi connectivity index (χ4v) is 7.38. The van der Waals surface area contributed by atoms with Crippen molar-refractivity contribution in [1.29, 1.82) is 0 Å². The quantitative estimate of drug-likeness (QED) is 0.763. The molecule has 28 heavy (non-hydrogen) atoms. The highest BCUT2D eigenvalue weighted by atomic mass is 32.2. The number of anilines is 1. The molecule has 6 nitrogen and oxygen atoms in total. The van der Waals surface area contributed by atoms with Gasteiger partial charge in [-0.2, -0.15) is 4.99 Å². The van der Waals surface area contributed by atoms with Crippen LogP contribution < -0.4 is 9.64 Å². The summed E-state index contributed by atoms with van der Waals surface area (Å²) in [5.74, 6) is 0.583. The number of nitrogens with zero attached hydrogens (tertiary/aromatic N) is 2. The molecule has 1 amide bonds. The molecule has 2 aromatic rings. The third-order valence-electron chi connectivity index (χ3n) is 4.71. The molecule has 2 aliphatic heterocycles. The number of hydrogen-bond donors (Lipinski definition) is 0. The number of aliphatic imine (C=N–C) groups is 1. The Morgan fingerprint density at radius 1 is 1.14 bits per heavy atom. The summed E-state index contributed by atoms with van der Waals surface area (Å²) in [6, 6.07) is 16.1. The van der Waals surface area contributed by atoms with Gasteiger partial charge in [0.2, 0.25) is 0 Å². The number of carbonyl (C=O) groups is 1. The molecule has 146 valence electrons. The summed E-state index contributed by atoms with van der Waals surface area (Å²) in [6.07, 6.45) is 0. The standard InChI is InChI=1S/C20H20N2O4S2/c1-2-26-16-10-8-15(9-11-16)22-17-12-28(24,25)13-18(17)27-20(22)21-19(23)14-6-4-3-5-7-14/h3-11,17-18H,2,12-13H2,1H3. The fourth-order valence-electron chi connectivity index (χ4n) is 3.47. The van der Waals surface area contributed by atoms with Gasteiger partial charge in [0, 0.05) is 16.5 Å². The molecule has 0 N–H and O–H groups in total. The summed E-state index contributed by atoms with van der Waals surface area (Å²) >= 11 is 1.37. The van der Waals surface area contributed by atoms with E-state index in [4.69, 9.17) is 4.74 Å². The highest BCUT2D eigenvalue weighted by molar-refractivity contribution is 8.16. The van der Waals surface area contributed by atoms with Crippen LogP contribution in [0.15, 0.2) is 59.6 Å². The smallest absolute Gasteiger partial charge is 0.279 e. The number of fused-ring (bicyclic) bond motifs is 1. The van der Waals surface area contributed by atoms with Crippen molar-refractivity contribution in [2.24, 2.45) is 4.99 Å². The lowest BCUT2D eigenvalue weighted by molar-refractivity contribution is 0.100. The van der Waals surface area contributed by atoms with E-state index in [0.29, 0.717) is 17.3 Å². The van der Waals surface area contributed by atoms with Gasteiger partial charge in [-0.3, -0.25) is 4.79 Å². The molecule has 0 bridgehead atoms. The Labute approximate surface area is 168 Å². The molecule has 0 radical (unpaired) electrons. The maximum atomic E-state index is 12.6. The van der Waals surface area contributed by atoms with Gasteiger partial charge in [0.1, 0.15) is 5.75 Å². The van der Waals surface area contributed by atoms with Gasteiger partial charge in [0.05, 0.1) is 24.2 Å². The first kappa shape index (κ1) is 19.0. The Morgan fingerprint density at radius 2 is 1.86 bits per heavy atom. The zero-order chi connectivity index (χ0) is 19.7. The van der Waals surface area contributed by atoms with Crippen molar-refractivity contribution in [3.63, 3.8) is 0 Å². The number of hydrogen-bond acceptors (Lipinski definition) is 5. The lowest BCUT2D eigenvalue weighted by Gasteiger charge is -2.24. The van der Waals surface area contributed by atoms with Crippen LogP contribution in [0.5, 0.6) is 5.75 Å². The highest BCUT2D eigenvalue weighted by Gasteiger charge is 2.49. The van der Waals surface area contributed by atoms with E-state index in [1.807, 2.05) is 42.2 Å². The van der Waals surface area contributed by atoms with Crippen molar-refractivity contribution >= 4 is 38.4 Å². The summed E-state index contributed by atoms with van der Waals surface area (Å²) in [7, 11) is -3.09. The van der Waals surface area contributed by atoms with Crippen molar-refractivity contribution in [2.75, 3.05) is 23.0 Å². The number of thioether (sulfide) groups is 1. The SMILES string of the molecule is CCOc1ccc(N2C(=NC(=O)c3ccccc3)SC3CS(=O)(=O)CC32)cc1. The maximum Gasteiger partial charge on any atom is 0.279 e. The summed E-state index contributed by atoms with van der Waals surface area (Å²) in [4.78, 5) is 18.8. The van der Waals surface area contributed by atoms with E-state index < -0.39 is 9.84 Å². The van der Waals surface area contributed by atoms with Gasteiger partial charge >= 0.3 is 0 Å². The van der Waals surface area contributed by atoms with Gasteiger partial charge in [-0.25, -0.2) is 8.42 Å². The third kappa shape index (κ3) is 3.79. The highest BCUT2D eigenvalue weighted by Crippen LogP contribution is 2.41. The van der Waals surface area contributed by atoms with Crippen molar-refractivity contribution in [3.8, 4) is 5.75 Å². The molecule has 0 aromatic heterocycles. The van der Waals surface area contributed by atoms with Crippen LogP contribution in [-0.4, -0.2) is 48.9 Å². The molecule has 2 aromatic carbocycles.